The first-order chi connectivity index (χ1) is 6.92. The molecule has 2 aliphatic rings. The van der Waals surface area contributed by atoms with Crippen molar-refractivity contribution in [1.29, 1.82) is 0 Å². The lowest BCUT2D eigenvalue weighted by Gasteiger charge is -2.38. The number of hydrogen-bond acceptors (Lipinski definition) is 2. The van der Waals surface area contributed by atoms with Gasteiger partial charge in [0.15, 0.2) is 0 Å². The molecule has 0 bridgehead atoms. The molecule has 1 aliphatic heterocycles. The fraction of sp³-hybridized carbons (Fsp3) is 1.00. The van der Waals surface area contributed by atoms with Crippen LogP contribution in [0.2, 0.25) is 0 Å². The Kier molecular flexibility index (Phi) is 3.82. The summed E-state index contributed by atoms with van der Waals surface area (Å²) in [5.41, 5.74) is 0. The molecule has 1 saturated carbocycles. The van der Waals surface area contributed by atoms with Gasteiger partial charge in [-0.1, -0.05) is 19.3 Å². The highest BCUT2D eigenvalue weighted by Crippen LogP contribution is 2.30. The lowest BCUT2D eigenvalue weighted by Crippen LogP contribution is -2.50. The van der Waals surface area contributed by atoms with E-state index in [2.05, 4.69) is 5.32 Å². The summed E-state index contributed by atoms with van der Waals surface area (Å²) in [5, 5.41) is 3.66. The highest BCUT2D eigenvalue weighted by Gasteiger charge is 2.32. The highest BCUT2D eigenvalue weighted by molar-refractivity contribution is 4.88. The molecule has 14 heavy (non-hydrogen) atoms. The topological polar surface area (TPSA) is 21.3 Å². The quantitative estimate of drug-likeness (QED) is 0.733. The van der Waals surface area contributed by atoms with Crippen molar-refractivity contribution < 1.29 is 4.74 Å². The maximum absolute atomic E-state index is 5.59. The first-order valence-corrected chi connectivity index (χ1v) is 6.18. The number of hydrogen-bond donors (Lipinski definition) is 1. The maximum Gasteiger partial charge on any atom is 0.0727 e. The Bertz CT molecular complexity index is 166. The second-order valence-electron chi connectivity index (χ2n) is 4.79. The van der Waals surface area contributed by atoms with E-state index in [1.165, 1.54) is 51.5 Å². The van der Waals surface area contributed by atoms with E-state index < -0.39 is 0 Å². The molecule has 2 unspecified atom stereocenters. The summed E-state index contributed by atoms with van der Waals surface area (Å²) in [6.07, 6.45) is 10.1. The van der Waals surface area contributed by atoms with E-state index in [1.807, 2.05) is 7.11 Å². The van der Waals surface area contributed by atoms with Crippen molar-refractivity contribution in [3.63, 3.8) is 0 Å². The lowest BCUT2D eigenvalue weighted by molar-refractivity contribution is 0.0179. The lowest BCUT2D eigenvalue weighted by atomic mass is 9.79. The first-order valence-electron chi connectivity index (χ1n) is 6.18. The molecule has 1 heterocycles. The van der Waals surface area contributed by atoms with Crippen LogP contribution in [0.1, 0.15) is 44.9 Å². The molecule has 2 nitrogen and oxygen atoms in total. The molecule has 0 spiro atoms. The van der Waals surface area contributed by atoms with Gasteiger partial charge in [0.1, 0.15) is 0 Å². The van der Waals surface area contributed by atoms with Gasteiger partial charge in [-0.15, -0.1) is 0 Å². The molecule has 1 N–H and O–H groups in total. The van der Waals surface area contributed by atoms with Gasteiger partial charge in [-0.25, -0.2) is 0 Å². The van der Waals surface area contributed by atoms with E-state index in [1.54, 1.807) is 0 Å². The molecular formula is C12H23NO. The molecule has 1 saturated heterocycles. The van der Waals surface area contributed by atoms with E-state index >= 15 is 0 Å². The average molecular weight is 197 g/mol. The van der Waals surface area contributed by atoms with Gasteiger partial charge >= 0.3 is 0 Å². The SMILES string of the molecule is COC1CCCNC1C1CCCCC1. The predicted molar refractivity (Wildman–Crippen MR) is 58.4 cm³/mol. The smallest absolute Gasteiger partial charge is 0.0727 e. The minimum absolute atomic E-state index is 0.479. The van der Waals surface area contributed by atoms with Crippen LogP contribution in [-0.4, -0.2) is 25.8 Å². The summed E-state index contributed by atoms with van der Waals surface area (Å²) >= 11 is 0. The number of nitrogens with one attached hydrogen (secondary N) is 1. The molecule has 2 heteroatoms. The third-order valence-corrected chi connectivity index (χ3v) is 3.91. The van der Waals surface area contributed by atoms with E-state index in [4.69, 9.17) is 4.74 Å². The summed E-state index contributed by atoms with van der Waals surface area (Å²) in [6.45, 7) is 1.20. The van der Waals surface area contributed by atoms with Crippen LogP contribution in [0.25, 0.3) is 0 Å². The van der Waals surface area contributed by atoms with Crippen molar-refractivity contribution in [3.05, 3.63) is 0 Å². The number of piperidine rings is 1. The molecule has 2 atom stereocenters. The molecule has 82 valence electrons. The number of ether oxygens (including phenoxy) is 1. The zero-order valence-electron chi connectivity index (χ0n) is 9.30. The summed E-state index contributed by atoms with van der Waals surface area (Å²) in [6, 6.07) is 0.647. The molecule has 0 amide bonds. The fourth-order valence-corrected chi connectivity index (χ4v) is 3.11. The second kappa shape index (κ2) is 5.13. The van der Waals surface area contributed by atoms with Gasteiger partial charge in [0.25, 0.3) is 0 Å². The van der Waals surface area contributed by atoms with E-state index in [-0.39, 0.29) is 0 Å². The van der Waals surface area contributed by atoms with Crippen molar-refractivity contribution in [2.24, 2.45) is 5.92 Å². The van der Waals surface area contributed by atoms with Crippen LogP contribution in [0.15, 0.2) is 0 Å². The monoisotopic (exact) mass is 197 g/mol. The zero-order valence-corrected chi connectivity index (χ0v) is 9.30. The van der Waals surface area contributed by atoms with Gasteiger partial charge in [0.2, 0.25) is 0 Å². The molecule has 2 rings (SSSR count). The van der Waals surface area contributed by atoms with Gasteiger partial charge in [0.05, 0.1) is 6.10 Å². The van der Waals surface area contributed by atoms with E-state index in [0.29, 0.717) is 12.1 Å². The zero-order chi connectivity index (χ0) is 9.80. The Hall–Kier alpha value is -0.0800. The Morgan fingerprint density at radius 2 is 1.79 bits per heavy atom. The Balaban J connectivity index is 1.91. The van der Waals surface area contributed by atoms with Crippen molar-refractivity contribution in [2.75, 3.05) is 13.7 Å². The molecule has 0 radical (unpaired) electrons. The molecular weight excluding hydrogens is 174 g/mol. The van der Waals surface area contributed by atoms with Crippen LogP contribution in [0, 0.1) is 5.92 Å². The minimum Gasteiger partial charge on any atom is -0.380 e. The summed E-state index contributed by atoms with van der Waals surface area (Å²) < 4.78 is 5.59. The van der Waals surface area contributed by atoms with Crippen LogP contribution >= 0.6 is 0 Å². The maximum atomic E-state index is 5.59. The van der Waals surface area contributed by atoms with Gasteiger partial charge in [-0.3, -0.25) is 0 Å². The summed E-state index contributed by atoms with van der Waals surface area (Å²) in [5.74, 6) is 0.883. The van der Waals surface area contributed by atoms with Crippen molar-refractivity contribution in [3.8, 4) is 0 Å². The predicted octanol–water partition coefficient (Wildman–Crippen LogP) is 2.33. The van der Waals surface area contributed by atoms with Crippen molar-refractivity contribution in [2.45, 2.75) is 57.1 Å². The van der Waals surface area contributed by atoms with Gasteiger partial charge in [-0.05, 0) is 38.1 Å². The number of methoxy groups -OCH3 is 1. The van der Waals surface area contributed by atoms with Gasteiger partial charge in [-0.2, -0.15) is 0 Å². The van der Waals surface area contributed by atoms with E-state index in [0.717, 1.165) is 5.92 Å². The normalized spacial score (nSPS) is 35.8. The summed E-state index contributed by atoms with van der Waals surface area (Å²) in [4.78, 5) is 0. The van der Waals surface area contributed by atoms with Crippen LogP contribution in [0.3, 0.4) is 0 Å². The van der Waals surface area contributed by atoms with Crippen LogP contribution in [0.4, 0.5) is 0 Å². The van der Waals surface area contributed by atoms with Crippen LogP contribution in [-0.2, 0) is 4.74 Å². The Morgan fingerprint density at radius 3 is 2.50 bits per heavy atom. The van der Waals surface area contributed by atoms with E-state index in [9.17, 15) is 0 Å². The second-order valence-corrected chi connectivity index (χ2v) is 4.79. The molecule has 0 aromatic carbocycles. The van der Waals surface area contributed by atoms with Crippen LogP contribution < -0.4 is 5.32 Å². The number of rotatable bonds is 2. The Labute approximate surface area is 87.4 Å². The minimum atomic E-state index is 0.479. The standard InChI is InChI=1S/C12H23NO/c1-14-11-8-5-9-13-12(11)10-6-3-2-4-7-10/h10-13H,2-9H2,1H3. The first kappa shape index (κ1) is 10.4. The van der Waals surface area contributed by atoms with Crippen LogP contribution in [0.5, 0.6) is 0 Å². The third kappa shape index (κ3) is 2.29. The van der Waals surface area contributed by atoms with Crippen molar-refractivity contribution >= 4 is 0 Å². The summed E-state index contributed by atoms with van der Waals surface area (Å²) in [7, 11) is 1.87. The van der Waals surface area contributed by atoms with Gasteiger partial charge < -0.3 is 10.1 Å². The fourth-order valence-electron chi connectivity index (χ4n) is 3.11. The molecule has 0 aromatic rings. The Morgan fingerprint density at radius 1 is 1.00 bits per heavy atom. The third-order valence-electron chi connectivity index (χ3n) is 3.91. The largest absolute Gasteiger partial charge is 0.380 e. The highest BCUT2D eigenvalue weighted by atomic mass is 16.5. The van der Waals surface area contributed by atoms with Crippen molar-refractivity contribution in [1.82, 2.24) is 5.32 Å². The average Bonchev–Trinajstić information content (AvgIpc) is 2.30. The molecule has 1 aliphatic carbocycles. The van der Waals surface area contributed by atoms with Gasteiger partial charge in [0, 0.05) is 13.2 Å². The molecule has 2 fully saturated rings. The molecule has 0 aromatic heterocycles.